The zero-order valence-electron chi connectivity index (χ0n) is 10.1. The van der Waals surface area contributed by atoms with Crippen molar-refractivity contribution in [3.63, 3.8) is 0 Å². The van der Waals surface area contributed by atoms with Crippen LogP contribution in [0.5, 0.6) is 5.75 Å². The van der Waals surface area contributed by atoms with Crippen molar-refractivity contribution in [2.75, 3.05) is 18.5 Å². The van der Waals surface area contributed by atoms with Gasteiger partial charge in [0.1, 0.15) is 24.5 Å². The highest BCUT2D eigenvalue weighted by atomic mass is 19.1. The first kappa shape index (κ1) is 12.3. The van der Waals surface area contributed by atoms with Crippen LogP contribution in [-0.2, 0) is 0 Å². The molecule has 0 unspecified atom stereocenters. The number of ether oxygens (including phenoxy) is 1. The molecule has 5 heteroatoms. The van der Waals surface area contributed by atoms with E-state index in [9.17, 15) is 4.39 Å². The molecule has 2 rings (SSSR count). The Hall–Kier alpha value is -2.17. The second kappa shape index (κ2) is 5.95. The number of aromatic nitrogens is 2. The lowest BCUT2D eigenvalue weighted by atomic mass is 10.2. The molecule has 18 heavy (non-hydrogen) atoms. The van der Waals surface area contributed by atoms with Crippen molar-refractivity contribution in [2.45, 2.75) is 6.92 Å². The zero-order valence-corrected chi connectivity index (χ0v) is 10.1. The van der Waals surface area contributed by atoms with Crippen molar-refractivity contribution >= 4 is 5.82 Å². The van der Waals surface area contributed by atoms with Crippen molar-refractivity contribution in [2.24, 2.45) is 0 Å². The summed E-state index contributed by atoms with van der Waals surface area (Å²) in [6.07, 6.45) is 1.18. The van der Waals surface area contributed by atoms with E-state index in [1.54, 1.807) is 0 Å². The number of rotatable bonds is 5. The number of hydrogen-bond acceptors (Lipinski definition) is 4. The summed E-state index contributed by atoms with van der Waals surface area (Å²) in [5.74, 6) is 0.730. The summed E-state index contributed by atoms with van der Waals surface area (Å²) in [6, 6.07) is 9.06. The van der Waals surface area contributed by atoms with Crippen LogP contribution < -0.4 is 10.1 Å². The van der Waals surface area contributed by atoms with Crippen molar-refractivity contribution in [3.8, 4) is 5.75 Å². The van der Waals surface area contributed by atoms with Crippen LogP contribution in [0.2, 0.25) is 0 Å². The predicted octanol–water partition coefficient (Wildman–Crippen LogP) is 2.42. The van der Waals surface area contributed by atoms with Gasteiger partial charge in [0, 0.05) is 6.07 Å². The third-order valence-electron chi connectivity index (χ3n) is 2.30. The number of hydrogen-bond donors (Lipinski definition) is 1. The summed E-state index contributed by atoms with van der Waals surface area (Å²) in [5, 5.41) is 2.95. The molecule has 1 N–H and O–H groups in total. The third kappa shape index (κ3) is 3.69. The van der Waals surface area contributed by atoms with E-state index in [4.69, 9.17) is 4.74 Å². The minimum absolute atomic E-state index is 0.454. The number of anilines is 1. The highest BCUT2D eigenvalue weighted by Gasteiger charge is 1.97. The van der Waals surface area contributed by atoms with Gasteiger partial charge in [0.05, 0.1) is 6.54 Å². The molecule has 0 amide bonds. The Bertz CT molecular complexity index is 472. The van der Waals surface area contributed by atoms with E-state index in [0.717, 1.165) is 11.3 Å². The van der Waals surface area contributed by atoms with Gasteiger partial charge in [-0.05, 0) is 24.6 Å². The maximum atomic E-state index is 12.8. The second-order valence-corrected chi connectivity index (χ2v) is 3.82. The summed E-state index contributed by atoms with van der Waals surface area (Å²) < 4.78 is 18.3. The quantitative estimate of drug-likeness (QED) is 0.651. The second-order valence-electron chi connectivity index (χ2n) is 3.82. The lowest BCUT2D eigenvalue weighted by Crippen LogP contribution is -2.12. The molecule has 0 saturated heterocycles. The molecule has 0 fully saturated rings. The van der Waals surface area contributed by atoms with Crippen LogP contribution >= 0.6 is 0 Å². The van der Waals surface area contributed by atoms with Crippen LogP contribution in [0.1, 0.15) is 5.56 Å². The highest BCUT2D eigenvalue weighted by Crippen LogP contribution is 2.12. The van der Waals surface area contributed by atoms with Gasteiger partial charge in [0.25, 0.3) is 0 Å². The Morgan fingerprint density at radius 1 is 1.28 bits per heavy atom. The summed E-state index contributed by atoms with van der Waals surface area (Å²) in [7, 11) is 0. The molecule has 1 aromatic heterocycles. The Morgan fingerprint density at radius 3 is 2.94 bits per heavy atom. The third-order valence-corrected chi connectivity index (χ3v) is 2.30. The first-order valence-corrected chi connectivity index (χ1v) is 5.65. The minimum atomic E-state index is -0.549. The average Bonchev–Trinajstić information content (AvgIpc) is 2.35. The van der Waals surface area contributed by atoms with Gasteiger partial charge < -0.3 is 10.1 Å². The average molecular weight is 247 g/mol. The summed E-state index contributed by atoms with van der Waals surface area (Å²) >= 11 is 0. The number of aryl methyl sites for hydroxylation is 1. The smallest absolute Gasteiger partial charge is 0.217 e. The normalized spacial score (nSPS) is 10.1. The molecule has 0 radical (unpaired) electrons. The Labute approximate surface area is 105 Å². The fourth-order valence-electron chi connectivity index (χ4n) is 1.48. The van der Waals surface area contributed by atoms with Crippen molar-refractivity contribution in [1.82, 2.24) is 9.97 Å². The molecule has 4 nitrogen and oxygen atoms in total. The van der Waals surface area contributed by atoms with E-state index in [2.05, 4.69) is 15.3 Å². The number of halogens is 1. The molecule has 0 saturated carbocycles. The van der Waals surface area contributed by atoms with Crippen molar-refractivity contribution in [3.05, 3.63) is 48.2 Å². The van der Waals surface area contributed by atoms with Crippen LogP contribution in [0.4, 0.5) is 10.2 Å². The van der Waals surface area contributed by atoms with E-state index in [1.807, 2.05) is 31.2 Å². The van der Waals surface area contributed by atoms with E-state index in [1.165, 1.54) is 12.4 Å². The molecular formula is C13H14FN3O. The molecule has 0 bridgehead atoms. The van der Waals surface area contributed by atoms with Crippen LogP contribution in [0.25, 0.3) is 0 Å². The van der Waals surface area contributed by atoms with Gasteiger partial charge in [-0.1, -0.05) is 12.1 Å². The SMILES string of the molecule is Cc1cccc(OCCNc2cc(F)ncn2)c1. The number of nitrogens with one attached hydrogen (secondary N) is 1. The van der Waals surface area contributed by atoms with Crippen LogP contribution in [0.3, 0.4) is 0 Å². The first-order valence-electron chi connectivity index (χ1n) is 5.65. The monoisotopic (exact) mass is 247 g/mol. The van der Waals surface area contributed by atoms with Crippen LogP contribution in [0, 0.1) is 12.9 Å². The zero-order chi connectivity index (χ0) is 12.8. The Kier molecular flexibility index (Phi) is 4.06. The topological polar surface area (TPSA) is 47.0 Å². The van der Waals surface area contributed by atoms with Crippen LogP contribution in [0.15, 0.2) is 36.7 Å². The molecule has 94 valence electrons. The van der Waals surface area contributed by atoms with Crippen molar-refractivity contribution in [1.29, 1.82) is 0 Å². The molecule has 1 heterocycles. The molecular weight excluding hydrogens is 233 g/mol. The van der Waals surface area contributed by atoms with E-state index in [0.29, 0.717) is 19.0 Å². The van der Waals surface area contributed by atoms with Gasteiger partial charge in [-0.3, -0.25) is 0 Å². The molecule has 0 atom stereocenters. The lowest BCUT2D eigenvalue weighted by Gasteiger charge is -2.08. The highest BCUT2D eigenvalue weighted by molar-refractivity contribution is 5.32. The van der Waals surface area contributed by atoms with E-state index in [-0.39, 0.29) is 0 Å². The van der Waals surface area contributed by atoms with Crippen LogP contribution in [-0.4, -0.2) is 23.1 Å². The fraction of sp³-hybridized carbons (Fsp3) is 0.231. The Balaban J connectivity index is 1.76. The number of benzene rings is 1. The van der Waals surface area contributed by atoms with Gasteiger partial charge in [-0.2, -0.15) is 4.39 Å². The molecule has 0 aliphatic carbocycles. The van der Waals surface area contributed by atoms with Gasteiger partial charge in [0.2, 0.25) is 5.95 Å². The lowest BCUT2D eigenvalue weighted by molar-refractivity contribution is 0.332. The molecule has 1 aromatic carbocycles. The van der Waals surface area contributed by atoms with E-state index >= 15 is 0 Å². The molecule has 0 aliphatic heterocycles. The largest absolute Gasteiger partial charge is 0.492 e. The standard InChI is InChI=1S/C13H14FN3O/c1-10-3-2-4-11(7-10)18-6-5-15-13-8-12(14)16-9-17-13/h2-4,7-9H,5-6H2,1H3,(H,15,16,17). The molecule has 0 aliphatic rings. The summed E-state index contributed by atoms with van der Waals surface area (Å²) in [6.45, 7) is 3.04. The summed E-state index contributed by atoms with van der Waals surface area (Å²) in [4.78, 5) is 7.26. The van der Waals surface area contributed by atoms with Gasteiger partial charge in [0.15, 0.2) is 0 Å². The maximum Gasteiger partial charge on any atom is 0.217 e. The Morgan fingerprint density at radius 2 is 2.17 bits per heavy atom. The number of nitrogens with zero attached hydrogens (tertiary/aromatic N) is 2. The fourth-order valence-corrected chi connectivity index (χ4v) is 1.48. The maximum absolute atomic E-state index is 12.8. The van der Waals surface area contributed by atoms with Crippen molar-refractivity contribution < 1.29 is 9.13 Å². The molecule has 0 spiro atoms. The minimum Gasteiger partial charge on any atom is -0.492 e. The molecule has 2 aromatic rings. The first-order chi connectivity index (χ1) is 8.74. The summed E-state index contributed by atoms with van der Waals surface area (Å²) in [5.41, 5.74) is 1.15. The predicted molar refractivity (Wildman–Crippen MR) is 67.2 cm³/mol. The van der Waals surface area contributed by atoms with Gasteiger partial charge in [-0.15, -0.1) is 0 Å². The van der Waals surface area contributed by atoms with E-state index < -0.39 is 5.95 Å². The van der Waals surface area contributed by atoms with Gasteiger partial charge in [-0.25, -0.2) is 9.97 Å². The van der Waals surface area contributed by atoms with Gasteiger partial charge >= 0.3 is 0 Å².